The molecule has 0 radical (unpaired) electrons. The molecule has 0 bridgehead atoms. The van der Waals surface area contributed by atoms with Gasteiger partial charge in [0.2, 0.25) is 0 Å². The van der Waals surface area contributed by atoms with Crippen molar-refractivity contribution in [2.24, 2.45) is 11.5 Å². The van der Waals surface area contributed by atoms with Crippen LogP contribution in [0.2, 0.25) is 0 Å². The van der Waals surface area contributed by atoms with Crippen LogP contribution >= 0.6 is 0 Å². The average Bonchev–Trinajstić information content (AvgIpc) is 2.25. The molecule has 0 aromatic carbocycles. The first kappa shape index (κ1) is 12.9. The van der Waals surface area contributed by atoms with E-state index in [0.717, 1.165) is 12.4 Å². The lowest BCUT2D eigenvalue weighted by Crippen LogP contribution is -2.30. The molecule has 1 heterocycles. The largest absolute Gasteiger partial charge is 0.419 e. The SMILES string of the molecule is NCC(N)CCc1ncc(C(F)(F)F)cn1. The average molecular weight is 234 g/mol. The van der Waals surface area contributed by atoms with Gasteiger partial charge in [0, 0.05) is 31.4 Å². The fourth-order valence-corrected chi connectivity index (χ4v) is 1.06. The van der Waals surface area contributed by atoms with E-state index in [1.165, 1.54) is 0 Å². The van der Waals surface area contributed by atoms with Gasteiger partial charge in [-0.05, 0) is 6.42 Å². The van der Waals surface area contributed by atoms with Gasteiger partial charge < -0.3 is 11.5 Å². The van der Waals surface area contributed by atoms with E-state index < -0.39 is 11.7 Å². The highest BCUT2D eigenvalue weighted by Crippen LogP contribution is 2.27. The number of aromatic nitrogens is 2. The van der Waals surface area contributed by atoms with Crippen molar-refractivity contribution in [3.05, 3.63) is 23.8 Å². The number of aryl methyl sites for hydroxylation is 1. The van der Waals surface area contributed by atoms with E-state index in [4.69, 9.17) is 11.5 Å². The molecule has 0 amide bonds. The first-order valence-corrected chi connectivity index (χ1v) is 4.77. The monoisotopic (exact) mass is 234 g/mol. The summed E-state index contributed by atoms with van der Waals surface area (Å²) in [5.74, 6) is 0.344. The summed E-state index contributed by atoms with van der Waals surface area (Å²) in [6, 6.07) is -0.175. The topological polar surface area (TPSA) is 77.8 Å². The van der Waals surface area contributed by atoms with Crippen molar-refractivity contribution < 1.29 is 13.2 Å². The summed E-state index contributed by atoms with van der Waals surface area (Å²) >= 11 is 0. The van der Waals surface area contributed by atoms with Gasteiger partial charge in [-0.25, -0.2) is 9.97 Å². The van der Waals surface area contributed by atoms with Crippen LogP contribution in [0.1, 0.15) is 17.8 Å². The Balaban J connectivity index is 2.58. The zero-order chi connectivity index (χ0) is 12.2. The van der Waals surface area contributed by atoms with Gasteiger partial charge in [0.05, 0.1) is 5.56 Å². The molecule has 7 heteroatoms. The number of alkyl halides is 3. The molecule has 16 heavy (non-hydrogen) atoms. The van der Waals surface area contributed by atoms with Gasteiger partial charge in [0.15, 0.2) is 0 Å². The van der Waals surface area contributed by atoms with Gasteiger partial charge in [-0.3, -0.25) is 0 Å². The van der Waals surface area contributed by atoms with Gasteiger partial charge in [-0.2, -0.15) is 13.2 Å². The van der Waals surface area contributed by atoms with Gasteiger partial charge in [0.25, 0.3) is 0 Å². The quantitative estimate of drug-likeness (QED) is 0.804. The smallest absolute Gasteiger partial charge is 0.329 e. The second kappa shape index (κ2) is 5.22. The van der Waals surface area contributed by atoms with Crippen LogP contribution in [0.25, 0.3) is 0 Å². The Labute approximate surface area is 90.9 Å². The number of nitrogens with two attached hydrogens (primary N) is 2. The van der Waals surface area contributed by atoms with Crippen LogP contribution in [-0.2, 0) is 12.6 Å². The molecule has 1 aromatic heterocycles. The molecule has 0 saturated carbocycles. The molecule has 0 spiro atoms. The van der Waals surface area contributed by atoms with Crippen molar-refractivity contribution in [2.45, 2.75) is 25.1 Å². The van der Waals surface area contributed by atoms with Crippen molar-refractivity contribution in [1.82, 2.24) is 9.97 Å². The number of rotatable bonds is 4. The summed E-state index contributed by atoms with van der Waals surface area (Å²) in [5, 5.41) is 0. The summed E-state index contributed by atoms with van der Waals surface area (Å²) < 4.78 is 36.5. The van der Waals surface area contributed by atoms with E-state index in [1.54, 1.807) is 0 Å². The Morgan fingerprint density at radius 1 is 1.25 bits per heavy atom. The van der Waals surface area contributed by atoms with Crippen LogP contribution in [0, 0.1) is 0 Å². The second-order valence-electron chi connectivity index (χ2n) is 3.42. The standard InChI is InChI=1S/C9H13F3N4/c10-9(11,12)6-4-15-8(16-5-6)2-1-7(14)3-13/h4-5,7H,1-3,13-14H2. The van der Waals surface area contributed by atoms with E-state index in [9.17, 15) is 13.2 Å². The number of nitrogens with zero attached hydrogens (tertiary/aromatic N) is 2. The Hall–Kier alpha value is -1.21. The van der Waals surface area contributed by atoms with E-state index >= 15 is 0 Å². The zero-order valence-corrected chi connectivity index (χ0v) is 8.54. The maximum absolute atomic E-state index is 12.2. The lowest BCUT2D eigenvalue weighted by Gasteiger charge is -2.08. The highest BCUT2D eigenvalue weighted by atomic mass is 19.4. The molecule has 0 aliphatic carbocycles. The van der Waals surface area contributed by atoms with Gasteiger partial charge in [-0.1, -0.05) is 0 Å². The van der Waals surface area contributed by atoms with Crippen molar-refractivity contribution in [1.29, 1.82) is 0 Å². The number of halogens is 3. The van der Waals surface area contributed by atoms with Gasteiger partial charge >= 0.3 is 6.18 Å². The van der Waals surface area contributed by atoms with Gasteiger partial charge in [0.1, 0.15) is 5.82 Å². The maximum atomic E-state index is 12.2. The highest BCUT2D eigenvalue weighted by molar-refractivity contribution is 5.09. The van der Waals surface area contributed by atoms with E-state index in [1.807, 2.05) is 0 Å². The zero-order valence-electron chi connectivity index (χ0n) is 8.54. The Bertz CT molecular complexity index is 323. The predicted octanol–water partition coefficient (Wildman–Crippen LogP) is 0.714. The normalized spacial score (nSPS) is 13.8. The fourth-order valence-electron chi connectivity index (χ4n) is 1.06. The number of hydrogen-bond acceptors (Lipinski definition) is 4. The minimum atomic E-state index is -4.40. The minimum absolute atomic E-state index is 0.175. The third-order valence-corrected chi connectivity index (χ3v) is 2.07. The summed E-state index contributed by atoms with van der Waals surface area (Å²) in [6.45, 7) is 0.334. The van der Waals surface area contributed by atoms with Crippen molar-refractivity contribution in [3.63, 3.8) is 0 Å². The molecule has 1 rings (SSSR count). The molecular weight excluding hydrogens is 221 g/mol. The van der Waals surface area contributed by atoms with Crippen LogP contribution < -0.4 is 11.5 Å². The first-order chi connectivity index (χ1) is 7.43. The van der Waals surface area contributed by atoms with Crippen LogP contribution in [0.3, 0.4) is 0 Å². The van der Waals surface area contributed by atoms with Crippen molar-refractivity contribution in [3.8, 4) is 0 Å². The summed E-state index contributed by atoms with van der Waals surface area (Å²) in [4.78, 5) is 7.25. The lowest BCUT2D eigenvalue weighted by molar-refractivity contribution is -0.138. The van der Waals surface area contributed by atoms with E-state index in [0.29, 0.717) is 25.2 Å². The molecule has 1 atom stereocenters. The van der Waals surface area contributed by atoms with Crippen LogP contribution in [0.4, 0.5) is 13.2 Å². The first-order valence-electron chi connectivity index (χ1n) is 4.77. The molecule has 0 saturated heterocycles. The van der Waals surface area contributed by atoms with Crippen LogP contribution in [0.15, 0.2) is 12.4 Å². The molecule has 4 N–H and O–H groups in total. The second-order valence-corrected chi connectivity index (χ2v) is 3.42. The lowest BCUT2D eigenvalue weighted by atomic mass is 10.1. The molecular formula is C9H13F3N4. The van der Waals surface area contributed by atoms with Crippen LogP contribution in [-0.4, -0.2) is 22.6 Å². The minimum Gasteiger partial charge on any atom is -0.329 e. The summed E-state index contributed by atoms with van der Waals surface area (Å²) in [6.07, 6.45) is -1.86. The Morgan fingerprint density at radius 3 is 2.25 bits per heavy atom. The van der Waals surface area contributed by atoms with E-state index in [2.05, 4.69) is 9.97 Å². The van der Waals surface area contributed by atoms with Crippen LogP contribution in [0.5, 0.6) is 0 Å². The molecule has 0 fully saturated rings. The predicted molar refractivity (Wildman–Crippen MR) is 52.4 cm³/mol. The van der Waals surface area contributed by atoms with Gasteiger partial charge in [-0.15, -0.1) is 0 Å². The third kappa shape index (κ3) is 3.74. The molecule has 0 aliphatic rings. The number of hydrogen-bond donors (Lipinski definition) is 2. The maximum Gasteiger partial charge on any atom is 0.419 e. The Morgan fingerprint density at radius 2 is 1.81 bits per heavy atom. The summed E-state index contributed by atoms with van der Waals surface area (Å²) in [5.41, 5.74) is 10.0. The summed E-state index contributed by atoms with van der Waals surface area (Å²) in [7, 11) is 0. The van der Waals surface area contributed by atoms with Crippen molar-refractivity contribution >= 4 is 0 Å². The third-order valence-electron chi connectivity index (χ3n) is 2.07. The molecule has 0 aliphatic heterocycles. The molecule has 1 aromatic rings. The fraction of sp³-hybridized carbons (Fsp3) is 0.556. The van der Waals surface area contributed by atoms with E-state index in [-0.39, 0.29) is 6.04 Å². The highest BCUT2D eigenvalue weighted by Gasteiger charge is 2.31. The molecule has 1 unspecified atom stereocenters. The Kier molecular flexibility index (Phi) is 4.19. The molecule has 90 valence electrons. The molecule has 4 nitrogen and oxygen atoms in total. The van der Waals surface area contributed by atoms with Crippen molar-refractivity contribution in [2.75, 3.05) is 6.54 Å².